The average molecular weight is 283 g/mol. The molecule has 2 aromatic carbocycles. The van der Waals surface area contributed by atoms with Gasteiger partial charge in [-0.1, -0.05) is 35.9 Å². The molecule has 0 saturated carbocycles. The molecule has 4 heteroatoms. The van der Waals surface area contributed by atoms with Crippen LogP contribution in [0.25, 0.3) is 0 Å². The third kappa shape index (κ3) is 3.16. The Labute approximate surface area is 123 Å². The normalized spacial score (nSPS) is 10.4. The molecule has 0 aromatic heterocycles. The minimum absolute atomic E-state index is 0.120. The van der Waals surface area contributed by atoms with E-state index in [9.17, 15) is 14.9 Å². The van der Waals surface area contributed by atoms with Crippen molar-refractivity contribution in [2.75, 3.05) is 0 Å². The van der Waals surface area contributed by atoms with E-state index in [0.29, 0.717) is 5.56 Å². The van der Waals surface area contributed by atoms with Gasteiger partial charge in [0, 0.05) is 12.5 Å². The maximum Gasteiger partial charge on any atom is 0.280 e. The third-order valence-corrected chi connectivity index (χ3v) is 3.58. The second kappa shape index (κ2) is 5.87. The number of hydrogen-bond acceptors (Lipinski definition) is 3. The van der Waals surface area contributed by atoms with Crippen molar-refractivity contribution in [3.8, 4) is 0 Å². The van der Waals surface area contributed by atoms with Crippen LogP contribution in [0.2, 0.25) is 0 Å². The van der Waals surface area contributed by atoms with Crippen molar-refractivity contribution in [1.82, 2.24) is 0 Å². The molecule has 2 aromatic rings. The van der Waals surface area contributed by atoms with Crippen molar-refractivity contribution in [2.24, 2.45) is 0 Å². The maximum absolute atomic E-state index is 12.5. The van der Waals surface area contributed by atoms with Crippen molar-refractivity contribution in [3.63, 3.8) is 0 Å². The Hall–Kier alpha value is -2.49. The second-order valence-electron chi connectivity index (χ2n) is 5.26. The van der Waals surface area contributed by atoms with Crippen LogP contribution >= 0.6 is 0 Å². The summed E-state index contributed by atoms with van der Waals surface area (Å²) >= 11 is 0. The van der Waals surface area contributed by atoms with Crippen LogP contribution < -0.4 is 0 Å². The van der Waals surface area contributed by atoms with Crippen LogP contribution in [0.5, 0.6) is 0 Å². The van der Waals surface area contributed by atoms with Gasteiger partial charge in [-0.25, -0.2) is 0 Å². The molecular weight excluding hydrogens is 266 g/mol. The summed E-state index contributed by atoms with van der Waals surface area (Å²) in [4.78, 5) is 23.1. The number of benzene rings is 2. The molecule has 0 saturated heterocycles. The first-order chi connectivity index (χ1) is 9.90. The van der Waals surface area contributed by atoms with Gasteiger partial charge in [-0.3, -0.25) is 14.9 Å². The second-order valence-corrected chi connectivity index (χ2v) is 5.26. The summed E-state index contributed by atoms with van der Waals surface area (Å²) in [6.07, 6.45) is 0.180. The van der Waals surface area contributed by atoms with E-state index in [2.05, 4.69) is 0 Å². The number of carbonyl (C=O) groups excluding carboxylic acids is 1. The lowest BCUT2D eigenvalue weighted by atomic mass is 9.95. The molecule has 0 fully saturated rings. The van der Waals surface area contributed by atoms with Crippen LogP contribution in [0.15, 0.2) is 36.4 Å². The number of rotatable bonds is 4. The Bertz CT molecular complexity index is 720. The number of carbonyl (C=O) groups is 1. The molecule has 0 unspecified atom stereocenters. The fourth-order valence-corrected chi connectivity index (χ4v) is 2.42. The summed E-state index contributed by atoms with van der Waals surface area (Å²) in [6.45, 7) is 5.63. The van der Waals surface area contributed by atoms with Crippen LogP contribution in [0, 0.1) is 30.9 Å². The molecule has 0 heterocycles. The lowest BCUT2D eigenvalue weighted by Crippen LogP contribution is -2.10. The summed E-state index contributed by atoms with van der Waals surface area (Å²) in [5.41, 5.74) is 3.73. The molecule has 4 nitrogen and oxygen atoms in total. The fraction of sp³-hybridized carbons (Fsp3) is 0.235. The molecule has 0 aliphatic carbocycles. The topological polar surface area (TPSA) is 60.2 Å². The van der Waals surface area contributed by atoms with Crippen molar-refractivity contribution in [2.45, 2.75) is 27.2 Å². The first kappa shape index (κ1) is 14.9. The summed E-state index contributed by atoms with van der Waals surface area (Å²) in [5.74, 6) is -0.214. The zero-order valence-electron chi connectivity index (χ0n) is 12.3. The first-order valence-electron chi connectivity index (χ1n) is 6.73. The van der Waals surface area contributed by atoms with Gasteiger partial charge in [0.2, 0.25) is 0 Å². The smallest absolute Gasteiger partial charge is 0.280 e. The van der Waals surface area contributed by atoms with Crippen molar-refractivity contribution < 1.29 is 9.72 Å². The van der Waals surface area contributed by atoms with Gasteiger partial charge in [0.25, 0.3) is 5.69 Å². The Kier molecular flexibility index (Phi) is 4.17. The molecule has 108 valence electrons. The first-order valence-corrected chi connectivity index (χ1v) is 6.73. The van der Waals surface area contributed by atoms with Crippen LogP contribution in [-0.2, 0) is 6.42 Å². The average Bonchev–Trinajstić information content (AvgIpc) is 2.42. The SMILES string of the molecule is Cc1ccc(C)c(CC(=O)c2c(C)cccc2[N+](=O)[O-])c1. The molecule has 2 rings (SSSR count). The van der Waals surface area contributed by atoms with Gasteiger partial charge >= 0.3 is 0 Å². The molecule has 0 radical (unpaired) electrons. The van der Waals surface area contributed by atoms with Gasteiger partial charge in [-0.2, -0.15) is 0 Å². The molecule has 0 atom stereocenters. The van der Waals surface area contributed by atoms with Crippen LogP contribution in [0.1, 0.15) is 32.6 Å². The van der Waals surface area contributed by atoms with Gasteiger partial charge < -0.3 is 0 Å². The van der Waals surface area contributed by atoms with Gasteiger partial charge in [-0.15, -0.1) is 0 Å². The number of aryl methyl sites for hydroxylation is 3. The lowest BCUT2D eigenvalue weighted by molar-refractivity contribution is -0.385. The van der Waals surface area contributed by atoms with Gasteiger partial charge in [-0.05, 0) is 37.5 Å². The van der Waals surface area contributed by atoms with E-state index in [1.54, 1.807) is 19.1 Å². The van der Waals surface area contributed by atoms with Crippen molar-refractivity contribution in [3.05, 3.63) is 74.3 Å². The summed E-state index contributed by atoms with van der Waals surface area (Å²) < 4.78 is 0. The van der Waals surface area contributed by atoms with E-state index in [-0.39, 0.29) is 23.5 Å². The molecule has 0 amide bonds. The molecule has 0 aliphatic heterocycles. The standard InChI is InChI=1S/C17H17NO3/c1-11-7-8-12(2)14(9-11)10-16(19)17-13(3)5-4-6-15(17)18(20)21/h4-9H,10H2,1-3H3. The van der Waals surface area contributed by atoms with Crippen molar-refractivity contribution in [1.29, 1.82) is 0 Å². The lowest BCUT2D eigenvalue weighted by Gasteiger charge is -2.09. The Morgan fingerprint density at radius 1 is 1.10 bits per heavy atom. The van der Waals surface area contributed by atoms with E-state index in [4.69, 9.17) is 0 Å². The molecule has 21 heavy (non-hydrogen) atoms. The maximum atomic E-state index is 12.5. The van der Waals surface area contributed by atoms with Gasteiger partial charge in [0.1, 0.15) is 0 Å². The van der Waals surface area contributed by atoms with Crippen LogP contribution in [-0.4, -0.2) is 10.7 Å². The number of ketones is 1. The largest absolute Gasteiger partial charge is 0.294 e. The third-order valence-electron chi connectivity index (χ3n) is 3.58. The number of hydrogen-bond donors (Lipinski definition) is 0. The Morgan fingerprint density at radius 2 is 1.81 bits per heavy atom. The highest BCUT2D eigenvalue weighted by Gasteiger charge is 2.22. The minimum Gasteiger partial charge on any atom is -0.294 e. The fourth-order valence-electron chi connectivity index (χ4n) is 2.42. The molecule has 0 aliphatic rings. The predicted octanol–water partition coefficient (Wildman–Crippen LogP) is 3.95. The minimum atomic E-state index is -0.497. The van der Waals surface area contributed by atoms with Gasteiger partial charge in [0.05, 0.1) is 10.5 Å². The zero-order chi connectivity index (χ0) is 15.6. The van der Waals surface area contributed by atoms with Gasteiger partial charge in [0.15, 0.2) is 5.78 Å². The molecule has 0 bridgehead atoms. The number of nitro benzene ring substituents is 1. The summed E-state index contributed by atoms with van der Waals surface area (Å²) in [7, 11) is 0. The van der Waals surface area contributed by atoms with E-state index in [1.807, 2.05) is 32.0 Å². The highest BCUT2D eigenvalue weighted by atomic mass is 16.6. The van der Waals surface area contributed by atoms with Crippen LogP contribution in [0.3, 0.4) is 0 Å². The number of Topliss-reactive ketones (excluding diaryl/α,β-unsaturated/α-hetero) is 1. The van der Waals surface area contributed by atoms with E-state index < -0.39 is 4.92 Å². The quantitative estimate of drug-likeness (QED) is 0.485. The highest BCUT2D eigenvalue weighted by molar-refractivity contribution is 6.02. The monoisotopic (exact) mass is 283 g/mol. The van der Waals surface area contributed by atoms with E-state index >= 15 is 0 Å². The molecular formula is C17H17NO3. The molecule has 0 spiro atoms. The Balaban J connectivity index is 2.42. The van der Waals surface area contributed by atoms with E-state index in [0.717, 1.165) is 16.7 Å². The summed E-state index contributed by atoms with van der Waals surface area (Å²) in [6, 6.07) is 10.6. The molecule has 0 N–H and O–H groups in total. The summed E-state index contributed by atoms with van der Waals surface area (Å²) in [5, 5.41) is 11.1. The predicted molar refractivity (Wildman–Crippen MR) is 81.8 cm³/mol. The highest BCUT2D eigenvalue weighted by Crippen LogP contribution is 2.24. The van der Waals surface area contributed by atoms with E-state index in [1.165, 1.54) is 6.07 Å². The zero-order valence-corrected chi connectivity index (χ0v) is 12.3. The number of nitrogens with zero attached hydrogens (tertiary/aromatic N) is 1. The Morgan fingerprint density at radius 3 is 2.48 bits per heavy atom. The van der Waals surface area contributed by atoms with Crippen molar-refractivity contribution >= 4 is 11.5 Å². The number of nitro groups is 1. The van der Waals surface area contributed by atoms with Crippen LogP contribution in [0.4, 0.5) is 5.69 Å².